The van der Waals surface area contributed by atoms with E-state index in [0.717, 1.165) is 52.7 Å². The Morgan fingerprint density at radius 3 is 2.43 bits per heavy atom. The number of benzene rings is 1. The summed E-state index contributed by atoms with van der Waals surface area (Å²) in [5.41, 5.74) is 4.14. The normalized spacial score (nSPS) is 15.6. The van der Waals surface area contributed by atoms with Crippen LogP contribution in [-0.4, -0.2) is 65.2 Å². The maximum atomic E-state index is 13.1. The number of amides is 1. The van der Waals surface area contributed by atoms with Crippen LogP contribution >= 0.6 is 0 Å². The summed E-state index contributed by atoms with van der Waals surface area (Å²) in [5, 5.41) is 1.05. The summed E-state index contributed by atoms with van der Waals surface area (Å²) in [6, 6.07) is 8.03. The van der Waals surface area contributed by atoms with Gasteiger partial charge in [0.25, 0.3) is 5.56 Å². The zero-order chi connectivity index (χ0) is 27.1. The maximum Gasteiger partial charge on any atom is 0.406 e. The van der Waals surface area contributed by atoms with Crippen molar-refractivity contribution in [1.82, 2.24) is 19.4 Å². The zero-order valence-electron chi connectivity index (χ0n) is 22.1. The number of likely N-dealkylation sites (tertiary alicyclic amines) is 1. The van der Waals surface area contributed by atoms with E-state index < -0.39 is 18.3 Å². The first-order valence-corrected chi connectivity index (χ1v) is 12.7. The standard InChI is InChI=1S/C28H35F3N4O2/c1-17(2)25-22-13-20(19-8-10-34(11-9-19)15-24(36)33(4)5)6-7-23(22)32-26(25)21-12-18(3)27(37)35(14-21)16-28(29,30)31/h6-7,12-14,17,19,32H,8-11,15-16H2,1-5H3. The van der Waals surface area contributed by atoms with Crippen LogP contribution < -0.4 is 5.56 Å². The number of halogens is 3. The number of H-pyrrole nitrogens is 1. The largest absolute Gasteiger partial charge is 0.406 e. The van der Waals surface area contributed by atoms with Gasteiger partial charge in [-0.3, -0.25) is 14.5 Å². The highest BCUT2D eigenvalue weighted by Crippen LogP contribution is 2.38. The molecular formula is C28H35F3N4O2. The van der Waals surface area contributed by atoms with Crippen molar-refractivity contribution in [3.8, 4) is 11.3 Å². The lowest BCUT2D eigenvalue weighted by Crippen LogP contribution is -2.40. The van der Waals surface area contributed by atoms with E-state index in [4.69, 9.17) is 0 Å². The molecule has 0 saturated carbocycles. The summed E-state index contributed by atoms with van der Waals surface area (Å²) < 4.78 is 40.1. The Balaban J connectivity index is 1.67. The third kappa shape index (κ3) is 5.92. The number of fused-ring (bicyclic) bond motifs is 1. The zero-order valence-corrected chi connectivity index (χ0v) is 22.1. The fourth-order valence-corrected chi connectivity index (χ4v) is 5.30. The lowest BCUT2D eigenvalue weighted by Gasteiger charge is -2.32. The van der Waals surface area contributed by atoms with E-state index in [1.807, 2.05) is 6.07 Å². The summed E-state index contributed by atoms with van der Waals surface area (Å²) >= 11 is 0. The number of carbonyl (C=O) groups excluding carboxylic acids is 1. The molecule has 37 heavy (non-hydrogen) atoms. The molecule has 0 atom stereocenters. The molecule has 0 spiro atoms. The van der Waals surface area contributed by atoms with Crippen molar-refractivity contribution in [2.24, 2.45) is 0 Å². The number of hydrogen-bond donors (Lipinski definition) is 1. The van der Waals surface area contributed by atoms with Crippen molar-refractivity contribution >= 4 is 16.8 Å². The molecule has 0 bridgehead atoms. The molecule has 1 N–H and O–H groups in total. The number of aryl methyl sites for hydroxylation is 1. The quantitative estimate of drug-likeness (QED) is 0.486. The second-order valence-corrected chi connectivity index (χ2v) is 10.7. The number of carbonyl (C=O) groups is 1. The first kappa shape index (κ1) is 27.0. The number of rotatable bonds is 6. The highest BCUT2D eigenvalue weighted by Gasteiger charge is 2.29. The average molecular weight is 517 g/mol. The summed E-state index contributed by atoms with van der Waals surface area (Å²) in [4.78, 5) is 31.7. The van der Waals surface area contributed by atoms with E-state index >= 15 is 0 Å². The maximum absolute atomic E-state index is 13.1. The van der Waals surface area contributed by atoms with Crippen molar-refractivity contribution < 1.29 is 18.0 Å². The molecule has 9 heteroatoms. The van der Waals surface area contributed by atoms with Crippen molar-refractivity contribution in [1.29, 1.82) is 0 Å². The van der Waals surface area contributed by atoms with Crippen LogP contribution in [0.3, 0.4) is 0 Å². The van der Waals surface area contributed by atoms with Gasteiger partial charge < -0.3 is 14.5 Å². The van der Waals surface area contributed by atoms with Gasteiger partial charge in [-0.1, -0.05) is 19.9 Å². The fraction of sp³-hybridized carbons (Fsp3) is 0.500. The Labute approximate surface area is 215 Å². The second kappa shape index (κ2) is 10.4. The van der Waals surface area contributed by atoms with E-state index in [1.54, 1.807) is 32.0 Å². The van der Waals surface area contributed by atoms with E-state index in [1.165, 1.54) is 11.8 Å². The summed E-state index contributed by atoms with van der Waals surface area (Å²) in [6.45, 7) is 6.52. The molecule has 1 saturated heterocycles. The summed E-state index contributed by atoms with van der Waals surface area (Å²) in [6.07, 6.45) is -1.25. The number of likely N-dealkylation sites (N-methyl/N-ethyl adjacent to an activating group) is 1. The molecule has 1 amide bonds. The van der Waals surface area contributed by atoms with Gasteiger partial charge in [0.05, 0.1) is 12.2 Å². The number of hydrogen-bond acceptors (Lipinski definition) is 3. The van der Waals surface area contributed by atoms with Crippen LogP contribution in [0.15, 0.2) is 35.3 Å². The molecule has 1 aromatic carbocycles. The number of aromatic nitrogens is 2. The molecule has 1 aliphatic rings. The van der Waals surface area contributed by atoms with E-state index in [-0.39, 0.29) is 17.4 Å². The van der Waals surface area contributed by atoms with Gasteiger partial charge in [0.2, 0.25) is 5.91 Å². The Hall–Kier alpha value is -3.07. The van der Waals surface area contributed by atoms with Crippen LogP contribution in [0.5, 0.6) is 0 Å². The molecule has 1 aliphatic heterocycles. The van der Waals surface area contributed by atoms with E-state index in [9.17, 15) is 22.8 Å². The number of piperidine rings is 1. The Kier molecular flexibility index (Phi) is 7.55. The van der Waals surface area contributed by atoms with Crippen LogP contribution in [0.25, 0.3) is 22.2 Å². The van der Waals surface area contributed by atoms with Crippen LogP contribution in [0.4, 0.5) is 13.2 Å². The molecule has 1 fully saturated rings. The predicted octanol–water partition coefficient (Wildman–Crippen LogP) is 5.26. The molecule has 0 radical (unpaired) electrons. The first-order valence-electron chi connectivity index (χ1n) is 12.7. The predicted molar refractivity (Wildman–Crippen MR) is 140 cm³/mol. The monoisotopic (exact) mass is 516 g/mol. The van der Waals surface area contributed by atoms with E-state index in [2.05, 4.69) is 35.9 Å². The van der Waals surface area contributed by atoms with Crippen molar-refractivity contribution in [2.75, 3.05) is 33.7 Å². The molecule has 4 rings (SSSR count). The van der Waals surface area contributed by atoms with Gasteiger partial charge >= 0.3 is 6.18 Å². The van der Waals surface area contributed by atoms with Crippen molar-refractivity contribution in [3.05, 3.63) is 57.5 Å². The highest BCUT2D eigenvalue weighted by atomic mass is 19.4. The third-order valence-corrected chi connectivity index (χ3v) is 7.26. The van der Waals surface area contributed by atoms with Crippen molar-refractivity contribution in [3.63, 3.8) is 0 Å². The van der Waals surface area contributed by atoms with Crippen molar-refractivity contribution in [2.45, 2.75) is 58.2 Å². The number of aromatic amines is 1. The van der Waals surface area contributed by atoms with Crippen LogP contribution in [0.2, 0.25) is 0 Å². The fourth-order valence-electron chi connectivity index (χ4n) is 5.30. The highest BCUT2D eigenvalue weighted by molar-refractivity contribution is 5.92. The summed E-state index contributed by atoms with van der Waals surface area (Å²) in [5.74, 6) is 0.601. The molecule has 0 aliphatic carbocycles. The van der Waals surface area contributed by atoms with Gasteiger partial charge in [0.1, 0.15) is 6.54 Å². The van der Waals surface area contributed by atoms with Gasteiger partial charge in [-0.25, -0.2) is 0 Å². The Bertz CT molecular complexity index is 1350. The lowest BCUT2D eigenvalue weighted by atomic mass is 9.87. The molecule has 3 heterocycles. The van der Waals surface area contributed by atoms with Gasteiger partial charge in [0.15, 0.2) is 0 Å². The molecule has 2 aromatic heterocycles. The summed E-state index contributed by atoms with van der Waals surface area (Å²) in [7, 11) is 3.54. The molecule has 3 aromatic rings. The number of alkyl halides is 3. The number of nitrogens with zero attached hydrogens (tertiary/aromatic N) is 3. The molecular weight excluding hydrogens is 481 g/mol. The minimum absolute atomic E-state index is 0.109. The number of nitrogens with one attached hydrogen (secondary N) is 1. The SMILES string of the molecule is Cc1cc(-c2[nH]c3ccc(C4CCN(CC(=O)N(C)C)CC4)cc3c2C(C)C)cn(CC(F)(F)F)c1=O. The Morgan fingerprint density at radius 1 is 1.16 bits per heavy atom. The van der Waals surface area contributed by atoms with Crippen LogP contribution in [-0.2, 0) is 11.3 Å². The molecule has 0 unspecified atom stereocenters. The average Bonchev–Trinajstić information content (AvgIpc) is 3.20. The number of pyridine rings is 1. The van der Waals surface area contributed by atoms with Gasteiger partial charge in [-0.05, 0) is 74.0 Å². The van der Waals surface area contributed by atoms with Gasteiger partial charge in [-0.15, -0.1) is 0 Å². The first-order chi connectivity index (χ1) is 17.3. The molecule has 6 nitrogen and oxygen atoms in total. The van der Waals surface area contributed by atoms with Gasteiger partial charge in [0, 0.05) is 42.3 Å². The third-order valence-electron chi connectivity index (χ3n) is 7.26. The smallest absolute Gasteiger partial charge is 0.354 e. The van der Waals surface area contributed by atoms with Crippen LogP contribution in [0, 0.1) is 6.92 Å². The lowest BCUT2D eigenvalue weighted by molar-refractivity contribution is -0.141. The Morgan fingerprint density at radius 2 is 1.84 bits per heavy atom. The van der Waals surface area contributed by atoms with Crippen LogP contribution in [0.1, 0.15) is 55.2 Å². The topological polar surface area (TPSA) is 61.3 Å². The minimum Gasteiger partial charge on any atom is -0.354 e. The second-order valence-electron chi connectivity index (χ2n) is 10.7. The minimum atomic E-state index is -4.49. The van der Waals surface area contributed by atoms with Gasteiger partial charge in [-0.2, -0.15) is 13.2 Å². The molecule has 200 valence electrons. The van der Waals surface area contributed by atoms with E-state index in [0.29, 0.717) is 18.0 Å².